The molecule has 1 aromatic carbocycles. The van der Waals surface area contributed by atoms with Gasteiger partial charge in [-0.05, 0) is 31.0 Å². The number of nitrogens with zero attached hydrogens (tertiary/aromatic N) is 4. The van der Waals surface area contributed by atoms with Crippen molar-refractivity contribution in [3.8, 4) is 0 Å². The molecule has 5 nitrogen and oxygen atoms in total. The lowest BCUT2D eigenvalue weighted by Crippen LogP contribution is -2.39. The van der Waals surface area contributed by atoms with Crippen LogP contribution in [0.1, 0.15) is 34.8 Å². The summed E-state index contributed by atoms with van der Waals surface area (Å²) in [6.45, 7) is 1.54. The van der Waals surface area contributed by atoms with Crippen molar-refractivity contribution in [2.75, 3.05) is 13.1 Å². The Bertz CT molecular complexity index is 794. The van der Waals surface area contributed by atoms with Crippen LogP contribution in [-0.2, 0) is 0 Å². The summed E-state index contributed by atoms with van der Waals surface area (Å²) in [5.74, 6) is 1.10. The minimum Gasteiger partial charge on any atom is -0.338 e. The molecule has 4 rings (SSSR count). The summed E-state index contributed by atoms with van der Waals surface area (Å²) >= 11 is 0. The van der Waals surface area contributed by atoms with Gasteiger partial charge in [0.1, 0.15) is 0 Å². The van der Waals surface area contributed by atoms with Crippen LogP contribution in [-0.4, -0.2) is 38.3 Å². The molecule has 1 atom stereocenters. The highest BCUT2D eigenvalue weighted by atomic mass is 16.2. The van der Waals surface area contributed by atoms with Crippen molar-refractivity contribution in [3.05, 3.63) is 66.2 Å². The molecule has 5 heteroatoms. The van der Waals surface area contributed by atoms with Gasteiger partial charge in [0.2, 0.25) is 5.78 Å². The van der Waals surface area contributed by atoms with Gasteiger partial charge < -0.3 is 4.90 Å². The second-order valence-corrected chi connectivity index (χ2v) is 5.95. The van der Waals surface area contributed by atoms with Gasteiger partial charge in [0.15, 0.2) is 0 Å². The van der Waals surface area contributed by atoms with Crippen molar-refractivity contribution in [2.24, 2.45) is 0 Å². The number of piperidine rings is 1. The highest BCUT2D eigenvalue weighted by Crippen LogP contribution is 2.27. The van der Waals surface area contributed by atoms with Crippen LogP contribution < -0.4 is 0 Å². The number of rotatable bonds is 2. The minimum absolute atomic E-state index is 0.109. The number of aromatic nitrogens is 3. The minimum atomic E-state index is 0.109. The fourth-order valence-corrected chi connectivity index (χ4v) is 3.21. The van der Waals surface area contributed by atoms with E-state index in [4.69, 9.17) is 0 Å². The number of likely N-dealkylation sites (tertiary alicyclic amines) is 1. The van der Waals surface area contributed by atoms with Gasteiger partial charge in [-0.25, -0.2) is 9.97 Å². The molecule has 1 fully saturated rings. The molecule has 23 heavy (non-hydrogen) atoms. The van der Waals surface area contributed by atoms with Crippen LogP contribution in [0, 0.1) is 0 Å². The average molecular weight is 306 g/mol. The maximum absolute atomic E-state index is 12.6. The van der Waals surface area contributed by atoms with Crippen LogP contribution in [0.2, 0.25) is 0 Å². The lowest BCUT2D eigenvalue weighted by Gasteiger charge is -2.32. The van der Waals surface area contributed by atoms with Gasteiger partial charge in [-0.3, -0.25) is 9.20 Å². The van der Waals surface area contributed by atoms with E-state index in [0.717, 1.165) is 37.2 Å². The van der Waals surface area contributed by atoms with Gasteiger partial charge >= 0.3 is 0 Å². The van der Waals surface area contributed by atoms with E-state index in [1.165, 1.54) is 0 Å². The Morgan fingerprint density at radius 2 is 2.04 bits per heavy atom. The lowest BCUT2D eigenvalue weighted by molar-refractivity contribution is 0.0706. The predicted octanol–water partition coefficient (Wildman–Crippen LogP) is 2.75. The molecule has 1 amide bonds. The summed E-state index contributed by atoms with van der Waals surface area (Å²) in [4.78, 5) is 23.5. The van der Waals surface area contributed by atoms with Gasteiger partial charge in [-0.2, -0.15) is 0 Å². The molecule has 0 spiro atoms. The highest BCUT2D eigenvalue weighted by molar-refractivity contribution is 5.94. The zero-order chi connectivity index (χ0) is 15.6. The molecule has 1 saturated heterocycles. The van der Waals surface area contributed by atoms with E-state index < -0.39 is 0 Å². The molecule has 1 aliphatic heterocycles. The number of hydrogen-bond acceptors (Lipinski definition) is 3. The van der Waals surface area contributed by atoms with Crippen LogP contribution in [0.4, 0.5) is 0 Å². The van der Waals surface area contributed by atoms with Crippen molar-refractivity contribution in [2.45, 2.75) is 18.8 Å². The summed E-state index contributed by atoms with van der Waals surface area (Å²) in [5, 5.41) is 0. The Kier molecular flexibility index (Phi) is 3.54. The normalized spacial score (nSPS) is 18.3. The average Bonchev–Trinajstić information content (AvgIpc) is 3.06. The molecule has 0 N–H and O–H groups in total. The molecule has 2 aromatic heterocycles. The standard InChI is InChI=1S/C18H18N4O/c23-17(14-6-2-1-3-7-14)21-10-4-8-15(12-21)16-13-22-11-5-9-19-18(22)20-16/h1-3,5-7,9,11,13,15H,4,8,10,12H2. The smallest absolute Gasteiger partial charge is 0.253 e. The number of carbonyl (C=O) groups is 1. The molecule has 1 aliphatic rings. The maximum atomic E-state index is 12.6. The third kappa shape index (κ3) is 2.70. The molecular weight excluding hydrogens is 288 g/mol. The van der Waals surface area contributed by atoms with E-state index in [1.54, 1.807) is 6.20 Å². The highest BCUT2D eigenvalue weighted by Gasteiger charge is 2.27. The Balaban J connectivity index is 1.56. The third-order valence-electron chi connectivity index (χ3n) is 4.40. The predicted molar refractivity (Wildman–Crippen MR) is 87.3 cm³/mol. The molecule has 116 valence electrons. The van der Waals surface area contributed by atoms with E-state index in [0.29, 0.717) is 5.78 Å². The molecule has 0 bridgehead atoms. The van der Waals surface area contributed by atoms with Crippen LogP contribution in [0.15, 0.2) is 55.0 Å². The van der Waals surface area contributed by atoms with Crippen LogP contribution in [0.25, 0.3) is 5.78 Å². The molecule has 0 radical (unpaired) electrons. The molecular formula is C18H18N4O. The van der Waals surface area contributed by atoms with Crippen molar-refractivity contribution in [1.82, 2.24) is 19.3 Å². The Morgan fingerprint density at radius 3 is 2.87 bits per heavy atom. The number of fused-ring (bicyclic) bond motifs is 1. The Hall–Kier alpha value is -2.69. The van der Waals surface area contributed by atoms with Gasteiger partial charge in [0.25, 0.3) is 5.91 Å². The van der Waals surface area contributed by atoms with Crippen molar-refractivity contribution in [3.63, 3.8) is 0 Å². The van der Waals surface area contributed by atoms with Gasteiger partial charge in [-0.15, -0.1) is 0 Å². The fourth-order valence-electron chi connectivity index (χ4n) is 3.21. The first kappa shape index (κ1) is 13.9. The Morgan fingerprint density at radius 1 is 1.17 bits per heavy atom. The Labute approximate surface area is 134 Å². The number of benzene rings is 1. The van der Waals surface area contributed by atoms with E-state index >= 15 is 0 Å². The largest absolute Gasteiger partial charge is 0.338 e. The second-order valence-electron chi connectivity index (χ2n) is 5.95. The van der Waals surface area contributed by atoms with Crippen molar-refractivity contribution >= 4 is 11.7 Å². The molecule has 0 saturated carbocycles. The quantitative estimate of drug-likeness (QED) is 0.731. The summed E-state index contributed by atoms with van der Waals surface area (Å²) in [7, 11) is 0. The monoisotopic (exact) mass is 306 g/mol. The van der Waals surface area contributed by atoms with Crippen molar-refractivity contribution < 1.29 is 4.79 Å². The third-order valence-corrected chi connectivity index (χ3v) is 4.40. The van der Waals surface area contributed by atoms with Crippen LogP contribution in [0.3, 0.4) is 0 Å². The number of amides is 1. The number of imidazole rings is 1. The maximum Gasteiger partial charge on any atom is 0.253 e. The first-order valence-corrected chi connectivity index (χ1v) is 7.95. The van der Waals surface area contributed by atoms with E-state index in [-0.39, 0.29) is 11.8 Å². The number of hydrogen-bond donors (Lipinski definition) is 0. The van der Waals surface area contributed by atoms with Crippen molar-refractivity contribution in [1.29, 1.82) is 0 Å². The zero-order valence-electron chi connectivity index (χ0n) is 12.8. The summed E-state index contributed by atoms with van der Waals surface area (Å²) in [6, 6.07) is 11.4. The molecule has 0 aliphatic carbocycles. The first-order chi connectivity index (χ1) is 11.3. The fraction of sp³-hybridized carbons (Fsp3) is 0.278. The SMILES string of the molecule is O=C(c1ccccc1)N1CCCC(c2cn3cccnc3n2)C1. The van der Waals surface area contributed by atoms with Gasteiger partial charge in [0.05, 0.1) is 5.69 Å². The molecule has 1 unspecified atom stereocenters. The summed E-state index contributed by atoms with van der Waals surface area (Å²) in [6.07, 6.45) is 7.79. The lowest BCUT2D eigenvalue weighted by atomic mass is 9.95. The van der Waals surface area contributed by atoms with Crippen LogP contribution >= 0.6 is 0 Å². The molecule has 3 heterocycles. The van der Waals surface area contributed by atoms with E-state index in [2.05, 4.69) is 9.97 Å². The zero-order valence-corrected chi connectivity index (χ0v) is 12.8. The molecule has 3 aromatic rings. The second kappa shape index (κ2) is 5.83. The van der Waals surface area contributed by atoms with Crippen LogP contribution in [0.5, 0.6) is 0 Å². The van der Waals surface area contributed by atoms with E-state index in [1.807, 2.05) is 58.1 Å². The topological polar surface area (TPSA) is 50.5 Å². The number of carbonyl (C=O) groups excluding carboxylic acids is 1. The summed E-state index contributed by atoms with van der Waals surface area (Å²) < 4.78 is 1.94. The first-order valence-electron chi connectivity index (χ1n) is 7.95. The van der Waals surface area contributed by atoms with E-state index in [9.17, 15) is 4.79 Å². The van der Waals surface area contributed by atoms with Gasteiger partial charge in [-0.1, -0.05) is 18.2 Å². The summed E-state index contributed by atoms with van der Waals surface area (Å²) in [5.41, 5.74) is 1.78. The van der Waals surface area contributed by atoms with Gasteiger partial charge in [0, 0.05) is 43.2 Å².